The van der Waals surface area contributed by atoms with Crippen molar-refractivity contribution in [3.05, 3.63) is 35.9 Å². The predicted molar refractivity (Wildman–Crippen MR) is 102 cm³/mol. The first-order chi connectivity index (χ1) is 11.1. The largest absolute Gasteiger partial charge is 0.380 e. The molecule has 0 amide bonds. The molecule has 0 spiro atoms. The lowest BCUT2D eigenvalue weighted by Crippen LogP contribution is -2.55. The molecule has 1 saturated carbocycles. The third-order valence-corrected chi connectivity index (χ3v) is 5.33. The highest BCUT2D eigenvalue weighted by Crippen LogP contribution is 2.34. The Labute approximate surface area is 152 Å². The second kappa shape index (κ2) is 10.2. The van der Waals surface area contributed by atoms with E-state index in [0.29, 0.717) is 13.0 Å². The van der Waals surface area contributed by atoms with E-state index in [1.54, 1.807) is 0 Å². The molecule has 1 aliphatic rings. The highest BCUT2D eigenvalue weighted by molar-refractivity contribution is 5.89. The van der Waals surface area contributed by atoms with E-state index in [4.69, 9.17) is 0 Å². The normalized spacial score (nSPS) is 18.0. The Balaban J connectivity index is 0.00000288. The minimum atomic E-state index is -1.21. The van der Waals surface area contributed by atoms with Crippen LogP contribution >= 0.6 is 12.4 Å². The van der Waals surface area contributed by atoms with Crippen LogP contribution in [0.15, 0.2) is 30.3 Å². The molecule has 1 atom stereocenters. The maximum absolute atomic E-state index is 13.0. The smallest absolute Gasteiger partial charge is 0.170 e. The Hall–Kier alpha value is -0.900. The molecule has 1 aliphatic carbocycles. The van der Waals surface area contributed by atoms with Crippen LogP contribution in [-0.4, -0.2) is 41.0 Å². The molecule has 24 heavy (non-hydrogen) atoms. The summed E-state index contributed by atoms with van der Waals surface area (Å²) in [7, 11) is 0. The van der Waals surface area contributed by atoms with Crippen LogP contribution in [0.1, 0.15) is 51.5 Å². The van der Waals surface area contributed by atoms with Gasteiger partial charge in [0, 0.05) is 13.0 Å². The van der Waals surface area contributed by atoms with Gasteiger partial charge < -0.3 is 10.0 Å². The fraction of sp³-hybridized carbons (Fsp3) is 0.650. The van der Waals surface area contributed by atoms with Crippen molar-refractivity contribution >= 4 is 18.2 Å². The Bertz CT molecular complexity index is 484. The average molecular weight is 354 g/mol. The fourth-order valence-electron chi connectivity index (χ4n) is 3.75. The summed E-state index contributed by atoms with van der Waals surface area (Å²) in [5.74, 6) is 0.0931. The standard InChI is InChI=1S/C20H31NO2.ClH/c1-3-21(4-2)16-20(23,18-13-9-6-10-14-18)19(22)15-17-11-7-5-8-12-17;/h5,7-8,11-12,18,23H,3-4,6,9-10,13-16H2,1-2H3;1H. The summed E-state index contributed by atoms with van der Waals surface area (Å²) in [6.45, 7) is 6.38. The molecule has 1 fully saturated rings. The van der Waals surface area contributed by atoms with Gasteiger partial charge in [0.25, 0.3) is 0 Å². The van der Waals surface area contributed by atoms with Crippen LogP contribution in [-0.2, 0) is 11.2 Å². The zero-order valence-electron chi connectivity index (χ0n) is 15.0. The van der Waals surface area contributed by atoms with Gasteiger partial charge in [0.05, 0.1) is 0 Å². The van der Waals surface area contributed by atoms with Crippen molar-refractivity contribution in [2.24, 2.45) is 5.92 Å². The number of rotatable bonds is 8. The first-order valence-corrected chi connectivity index (χ1v) is 9.12. The summed E-state index contributed by atoms with van der Waals surface area (Å²) >= 11 is 0. The third-order valence-electron chi connectivity index (χ3n) is 5.33. The predicted octanol–water partition coefficient (Wildman–Crippen LogP) is 3.87. The number of aliphatic hydroxyl groups is 1. The maximum Gasteiger partial charge on any atom is 0.170 e. The van der Waals surface area contributed by atoms with Crippen molar-refractivity contribution in [3.63, 3.8) is 0 Å². The van der Waals surface area contributed by atoms with Crippen molar-refractivity contribution in [1.82, 2.24) is 4.90 Å². The van der Waals surface area contributed by atoms with Crippen LogP contribution in [0.5, 0.6) is 0 Å². The number of carbonyl (C=O) groups excluding carboxylic acids is 1. The molecule has 4 heteroatoms. The Kier molecular flexibility index (Phi) is 8.96. The van der Waals surface area contributed by atoms with E-state index < -0.39 is 5.60 Å². The van der Waals surface area contributed by atoms with Crippen molar-refractivity contribution < 1.29 is 9.90 Å². The molecular weight excluding hydrogens is 322 g/mol. The van der Waals surface area contributed by atoms with E-state index in [2.05, 4.69) is 18.7 Å². The van der Waals surface area contributed by atoms with Crippen LogP contribution in [0.4, 0.5) is 0 Å². The van der Waals surface area contributed by atoms with Gasteiger partial charge in [-0.3, -0.25) is 4.79 Å². The van der Waals surface area contributed by atoms with E-state index in [-0.39, 0.29) is 24.1 Å². The van der Waals surface area contributed by atoms with Gasteiger partial charge in [-0.05, 0) is 37.4 Å². The Morgan fingerprint density at radius 2 is 1.71 bits per heavy atom. The molecule has 0 heterocycles. The summed E-state index contributed by atoms with van der Waals surface area (Å²) < 4.78 is 0. The SMILES string of the molecule is CCN(CC)CC(O)(C(=O)Cc1ccccc1)C1CCCCC1.Cl. The lowest BCUT2D eigenvalue weighted by molar-refractivity contribution is -0.147. The quantitative estimate of drug-likeness (QED) is 0.771. The Morgan fingerprint density at radius 3 is 2.25 bits per heavy atom. The van der Waals surface area contributed by atoms with Crippen molar-refractivity contribution in [3.8, 4) is 0 Å². The molecule has 0 aliphatic heterocycles. The number of benzene rings is 1. The van der Waals surface area contributed by atoms with Gasteiger partial charge in [-0.25, -0.2) is 0 Å². The molecule has 1 aromatic rings. The summed E-state index contributed by atoms with van der Waals surface area (Å²) in [6.07, 6.45) is 5.75. The van der Waals surface area contributed by atoms with E-state index in [1.807, 2.05) is 30.3 Å². The monoisotopic (exact) mass is 353 g/mol. The zero-order chi connectivity index (χ0) is 16.7. The van der Waals surface area contributed by atoms with Gasteiger partial charge in [0.1, 0.15) is 5.60 Å². The number of halogens is 1. The fourth-order valence-corrected chi connectivity index (χ4v) is 3.75. The zero-order valence-corrected chi connectivity index (χ0v) is 15.9. The first-order valence-electron chi connectivity index (χ1n) is 9.12. The number of carbonyl (C=O) groups is 1. The number of Topliss-reactive ketones (excluding diaryl/α,β-unsaturated/α-hetero) is 1. The van der Waals surface area contributed by atoms with Crippen molar-refractivity contribution in [2.45, 2.75) is 58.0 Å². The van der Waals surface area contributed by atoms with Gasteiger partial charge in [-0.2, -0.15) is 0 Å². The van der Waals surface area contributed by atoms with Gasteiger partial charge in [0.2, 0.25) is 0 Å². The number of nitrogens with zero attached hydrogens (tertiary/aromatic N) is 1. The van der Waals surface area contributed by atoms with Crippen LogP contribution in [0, 0.1) is 5.92 Å². The van der Waals surface area contributed by atoms with E-state index in [0.717, 1.165) is 44.3 Å². The highest BCUT2D eigenvalue weighted by atomic mass is 35.5. The van der Waals surface area contributed by atoms with Crippen LogP contribution in [0.2, 0.25) is 0 Å². The average Bonchev–Trinajstić information content (AvgIpc) is 2.61. The van der Waals surface area contributed by atoms with Crippen LogP contribution < -0.4 is 0 Å². The van der Waals surface area contributed by atoms with Crippen molar-refractivity contribution in [1.29, 1.82) is 0 Å². The minimum Gasteiger partial charge on any atom is -0.380 e. The molecule has 0 aromatic heterocycles. The molecule has 1 unspecified atom stereocenters. The van der Waals surface area contributed by atoms with Crippen LogP contribution in [0.3, 0.4) is 0 Å². The van der Waals surface area contributed by atoms with Gasteiger partial charge in [-0.15, -0.1) is 12.4 Å². The minimum absolute atomic E-state index is 0. The number of likely N-dealkylation sites (N-methyl/N-ethyl adjacent to an activating group) is 1. The molecule has 0 bridgehead atoms. The number of hydrogen-bond donors (Lipinski definition) is 1. The first kappa shape index (κ1) is 21.1. The van der Waals surface area contributed by atoms with Gasteiger partial charge in [0.15, 0.2) is 5.78 Å². The molecule has 3 nitrogen and oxygen atoms in total. The molecule has 1 N–H and O–H groups in total. The van der Waals surface area contributed by atoms with Gasteiger partial charge >= 0.3 is 0 Å². The molecule has 136 valence electrons. The highest BCUT2D eigenvalue weighted by Gasteiger charge is 2.44. The number of ketones is 1. The number of hydrogen-bond acceptors (Lipinski definition) is 3. The molecule has 1 aromatic carbocycles. The summed E-state index contributed by atoms with van der Waals surface area (Å²) in [6, 6.07) is 9.80. The van der Waals surface area contributed by atoms with Crippen molar-refractivity contribution in [2.75, 3.05) is 19.6 Å². The maximum atomic E-state index is 13.0. The Morgan fingerprint density at radius 1 is 1.12 bits per heavy atom. The summed E-state index contributed by atoms with van der Waals surface area (Å²) in [4.78, 5) is 15.2. The molecular formula is C20H32ClNO2. The van der Waals surface area contributed by atoms with Crippen LogP contribution in [0.25, 0.3) is 0 Å². The second-order valence-electron chi connectivity index (χ2n) is 6.81. The topological polar surface area (TPSA) is 40.5 Å². The summed E-state index contributed by atoms with van der Waals surface area (Å²) in [5.41, 5.74) is -0.214. The lowest BCUT2D eigenvalue weighted by atomic mass is 9.73. The third kappa shape index (κ3) is 5.30. The van der Waals surface area contributed by atoms with E-state index >= 15 is 0 Å². The van der Waals surface area contributed by atoms with E-state index in [1.165, 1.54) is 6.42 Å². The van der Waals surface area contributed by atoms with Gasteiger partial charge in [-0.1, -0.05) is 63.4 Å². The molecule has 0 saturated heterocycles. The van der Waals surface area contributed by atoms with E-state index in [9.17, 15) is 9.90 Å². The molecule has 2 rings (SSSR count). The summed E-state index contributed by atoms with van der Waals surface area (Å²) in [5, 5.41) is 11.4. The molecule has 0 radical (unpaired) electrons. The second-order valence-corrected chi connectivity index (χ2v) is 6.81. The lowest BCUT2D eigenvalue weighted by Gasteiger charge is -2.40.